The zero-order valence-electron chi connectivity index (χ0n) is 16.2. The van der Waals surface area contributed by atoms with Crippen LogP contribution in [0, 0.1) is 0 Å². The van der Waals surface area contributed by atoms with E-state index in [9.17, 15) is 14.7 Å². The molecule has 0 radical (unpaired) electrons. The Morgan fingerprint density at radius 1 is 1.21 bits per heavy atom. The molecule has 28 heavy (non-hydrogen) atoms. The fourth-order valence-corrected chi connectivity index (χ4v) is 2.73. The minimum atomic E-state index is -1.20. The second-order valence-corrected chi connectivity index (χ2v) is 7.46. The van der Waals surface area contributed by atoms with Crippen molar-refractivity contribution in [1.29, 1.82) is 0 Å². The highest BCUT2D eigenvalue weighted by Crippen LogP contribution is 2.24. The second-order valence-electron chi connectivity index (χ2n) is 7.46. The number of aromatic carboxylic acids is 1. The van der Waals surface area contributed by atoms with Crippen LogP contribution in [0.15, 0.2) is 42.6 Å². The first-order chi connectivity index (χ1) is 13.1. The lowest BCUT2D eigenvalue weighted by Crippen LogP contribution is -2.33. The lowest BCUT2D eigenvalue weighted by atomic mass is 10.1. The van der Waals surface area contributed by atoms with Crippen LogP contribution in [-0.2, 0) is 11.3 Å². The molecule has 0 saturated heterocycles. The number of carboxylic acids is 1. The molecule has 0 aliphatic rings. The van der Waals surface area contributed by atoms with Crippen molar-refractivity contribution < 1.29 is 19.4 Å². The summed E-state index contributed by atoms with van der Waals surface area (Å²) in [5.41, 5.74) is 2.25. The van der Waals surface area contributed by atoms with Crippen molar-refractivity contribution in [3.63, 3.8) is 0 Å². The van der Waals surface area contributed by atoms with Crippen LogP contribution in [-0.4, -0.2) is 49.3 Å². The SMILES string of the molecule is CN(Cc1cccc(-c2nc(C(=O)O)nn3cccc23)c1)C(=O)OC(C)(C)C. The summed E-state index contributed by atoms with van der Waals surface area (Å²) in [6.07, 6.45) is 1.26. The van der Waals surface area contributed by atoms with E-state index in [1.807, 2.05) is 51.1 Å². The van der Waals surface area contributed by atoms with Gasteiger partial charge in [-0.05, 0) is 44.5 Å². The molecule has 0 aliphatic heterocycles. The number of ether oxygens (including phenoxy) is 1. The van der Waals surface area contributed by atoms with Gasteiger partial charge in [0.25, 0.3) is 5.82 Å². The van der Waals surface area contributed by atoms with E-state index in [0.717, 1.165) is 11.1 Å². The van der Waals surface area contributed by atoms with Crippen molar-refractivity contribution in [1.82, 2.24) is 19.5 Å². The monoisotopic (exact) mass is 382 g/mol. The van der Waals surface area contributed by atoms with Crippen LogP contribution >= 0.6 is 0 Å². The Morgan fingerprint density at radius 2 is 1.96 bits per heavy atom. The molecule has 146 valence electrons. The largest absolute Gasteiger partial charge is 0.475 e. The molecule has 3 aromatic rings. The number of hydrogen-bond donors (Lipinski definition) is 1. The van der Waals surface area contributed by atoms with Crippen LogP contribution in [0.2, 0.25) is 0 Å². The summed E-state index contributed by atoms with van der Waals surface area (Å²) in [6.45, 7) is 5.79. The summed E-state index contributed by atoms with van der Waals surface area (Å²) in [5, 5.41) is 13.3. The highest BCUT2D eigenvalue weighted by Gasteiger charge is 2.20. The maximum Gasteiger partial charge on any atom is 0.410 e. The van der Waals surface area contributed by atoms with Crippen LogP contribution < -0.4 is 0 Å². The topological polar surface area (TPSA) is 97.0 Å². The number of hydrogen-bond acceptors (Lipinski definition) is 5. The van der Waals surface area contributed by atoms with E-state index in [1.165, 1.54) is 9.42 Å². The molecular weight excluding hydrogens is 360 g/mol. The third-order valence-corrected chi connectivity index (χ3v) is 3.91. The number of carbonyl (C=O) groups excluding carboxylic acids is 1. The summed E-state index contributed by atoms with van der Waals surface area (Å²) in [7, 11) is 1.67. The van der Waals surface area contributed by atoms with Gasteiger partial charge in [0.05, 0.1) is 11.2 Å². The van der Waals surface area contributed by atoms with Crippen LogP contribution in [0.4, 0.5) is 4.79 Å². The summed E-state index contributed by atoms with van der Waals surface area (Å²) in [6, 6.07) is 11.0. The van der Waals surface area contributed by atoms with E-state index < -0.39 is 17.7 Å². The molecule has 0 fully saturated rings. The Bertz CT molecular complexity index is 1040. The molecule has 0 saturated carbocycles. The molecular formula is C20H22N4O4. The smallest absolute Gasteiger partial charge is 0.410 e. The van der Waals surface area contributed by atoms with Gasteiger partial charge in [0.1, 0.15) is 5.60 Å². The molecule has 8 nitrogen and oxygen atoms in total. The van der Waals surface area contributed by atoms with E-state index in [4.69, 9.17) is 4.74 Å². The Morgan fingerprint density at radius 3 is 2.64 bits per heavy atom. The maximum absolute atomic E-state index is 12.2. The number of aromatic nitrogens is 3. The summed E-state index contributed by atoms with van der Waals surface area (Å²) in [5.74, 6) is -1.48. The van der Waals surface area contributed by atoms with E-state index in [1.54, 1.807) is 19.3 Å². The minimum absolute atomic E-state index is 0.282. The number of carboxylic acid groups (broad SMARTS) is 1. The number of carbonyl (C=O) groups is 2. The number of benzene rings is 1. The van der Waals surface area contributed by atoms with Crippen LogP contribution in [0.1, 0.15) is 37.0 Å². The van der Waals surface area contributed by atoms with Crippen molar-refractivity contribution in [3.8, 4) is 11.3 Å². The van der Waals surface area contributed by atoms with Gasteiger partial charge in [-0.25, -0.2) is 19.1 Å². The van der Waals surface area contributed by atoms with Gasteiger partial charge in [0, 0.05) is 25.4 Å². The summed E-state index contributed by atoms with van der Waals surface area (Å²) < 4.78 is 6.87. The Kier molecular flexibility index (Phi) is 5.04. The van der Waals surface area contributed by atoms with E-state index in [2.05, 4.69) is 10.1 Å². The Labute approximate surface area is 162 Å². The van der Waals surface area contributed by atoms with Gasteiger partial charge in [-0.1, -0.05) is 18.2 Å². The minimum Gasteiger partial charge on any atom is -0.475 e. The second kappa shape index (κ2) is 7.30. The zero-order valence-corrected chi connectivity index (χ0v) is 16.2. The first-order valence-corrected chi connectivity index (χ1v) is 8.76. The van der Waals surface area contributed by atoms with Gasteiger partial charge in [0.15, 0.2) is 0 Å². The van der Waals surface area contributed by atoms with Crippen molar-refractivity contribution in [2.24, 2.45) is 0 Å². The van der Waals surface area contributed by atoms with Crippen molar-refractivity contribution in [2.45, 2.75) is 32.9 Å². The number of nitrogens with zero attached hydrogens (tertiary/aromatic N) is 4. The maximum atomic E-state index is 12.2. The number of rotatable bonds is 4. The fraction of sp³-hybridized carbons (Fsp3) is 0.300. The highest BCUT2D eigenvalue weighted by molar-refractivity contribution is 5.86. The molecule has 1 aromatic carbocycles. The quantitative estimate of drug-likeness (QED) is 0.742. The molecule has 2 aromatic heterocycles. The molecule has 0 aliphatic carbocycles. The molecule has 1 N–H and O–H groups in total. The van der Waals surface area contributed by atoms with Crippen molar-refractivity contribution in [3.05, 3.63) is 54.0 Å². The van der Waals surface area contributed by atoms with Gasteiger partial charge < -0.3 is 14.7 Å². The zero-order chi connectivity index (χ0) is 20.5. The van der Waals surface area contributed by atoms with Gasteiger partial charge in [-0.3, -0.25) is 0 Å². The van der Waals surface area contributed by atoms with E-state index >= 15 is 0 Å². The predicted octanol–water partition coefficient (Wildman–Crippen LogP) is 3.46. The van der Waals surface area contributed by atoms with E-state index in [0.29, 0.717) is 17.8 Å². The molecule has 0 spiro atoms. The standard InChI is InChI=1S/C20H22N4O4/c1-20(2,3)28-19(27)23(4)12-13-7-5-8-14(11-13)16-15-9-6-10-24(15)22-17(21-16)18(25)26/h5-11H,12H2,1-4H3,(H,25,26). The third kappa shape index (κ3) is 4.28. The van der Waals surface area contributed by atoms with Gasteiger partial charge >= 0.3 is 12.1 Å². The van der Waals surface area contributed by atoms with Crippen molar-refractivity contribution in [2.75, 3.05) is 7.05 Å². The molecule has 1 amide bonds. The summed E-state index contributed by atoms with van der Waals surface area (Å²) >= 11 is 0. The average molecular weight is 382 g/mol. The normalized spacial score (nSPS) is 11.4. The molecule has 0 bridgehead atoms. The van der Waals surface area contributed by atoms with Crippen molar-refractivity contribution >= 4 is 17.6 Å². The fourth-order valence-electron chi connectivity index (χ4n) is 2.73. The Hall–Kier alpha value is -3.42. The van der Waals surface area contributed by atoms with Gasteiger partial charge in [0.2, 0.25) is 0 Å². The molecule has 0 atom stereocenters. The van der Waals surface area contributed by atoms with Crippen LogP contribution in [0.25, 0.3) is 16.8 Å². The molecule has 8 heteroatoms. The third-order valence-electron chi connectivity index (χ3n) is 3.91. The lowest BCUT2D eigenvalue weighted by Gasteiger charge is -2.24. The average Bonchev–Trinajstić information content (AvgIpc) is 3.08. The van der Waals surface area contributed by atoms with Crippen LogP contribution in [0.3, 0.4) is 0 Å². The van der Waals surface area contributed by atoms with Crippen LogP contribution in [0.5, 0.6) is 0 Å². The summed E-state index contributed by atoms with van der Waals surface area (Å²) in [4.78, 5) is 29.2. The molecule has 2 heterocycles. The number of amides is 1. The highest BCUT2D eigenvalue weighted by atomic mass is 16.6. The molecule has 3 rings (SSSR count). The first kappa shape index (κ1) is 19.3. The predicted molar refractivity (Wildman–Crippen MR) is 103 cm³/mol. The Balaban J connectivity index is 1.92. The lowest BCUT2D eigenvalue weighted by molar-refractivity contribution is 0.0285. The molecule has 0 unspecified atom stereocenters. The van der Waals surface area contributed by atoms with Gasteiger partial charge in [-0.15, -0.1) is 5.10 Å². The number of fused-ring (bicyclic) bond motifs is 1. The van der Waals surface area contributed by atoms with Gasteiger partial charge in [-0.2, -0.15) is 0 Å². The van der Waals surface area contributed by atoms with E-state index in [-0.39, 0.29) is 5.82 Å². The first-order valence-electron chi connectivity index (χ1n) is 8.76.